The van der Waals surface area contributed by atoms with E-state index in [4.69, 9.17) is 0 Å². The van der Waals surface area contributed by atoms with Crippen molar-refractivity contribution in [2.45, 2.75) is 19.1 Å². The normalized spacial score (nSPS) is 16.0. The zero-order valence-corrected chi connectivity index (χ0v) is 13.4. The van der Waals surface area contributed by atoms with Gasteiger partial charge in [-0.3, -0.25) is 4.90 Å². The van der Waals surface area contributed by atoms with Gasteiger partial charge in [0.15, 0.2) is 0 Å². The predicted molar refractivity (Wildman–Crippen MR) is 86.7 cm³/mol. The Morgan fingerprint density at radius 1 is 1.26 bits per heavy atom. The quantitative estimate of drug-likeness (QED) is 0.932. The molecule has 1 aliphatic heterocycles. The smallest absolute Gasteiger partial charge is 0.136 e. The third-order valence-electron chi connectivity index (χ3n) is 4.17. The lowest BCUT2D eigenvalue weighted by atomic mass is 10.0. The van der Waals surface area contributed by atoms with Crippen molar-refractivity contribution in [3.05, 3.63) is 53.2 Å². The first-order valence-corrected chi connectivity index (χ1v) is 7.70. The van der Waals surface area contributed by atoms with E-state index in [1.165, 1.54) is 12.1 Å². The van der Waals surface area contributed by atoms with Crippen molar-refractivity contribution in [3.63, 3.8) is 0 Å². The van der Waals surface area contributed by atoms with Crippen LogP contribution in [0.1, 0.15) is 22.9 Å². The molecule has 1 N–H and O–H groups in total. The Hall–Kier alpha value is -2.05. The van der Waals surface area contributed by atoms with Crippen molar-refractivity contribution in [1.82, 2.24) is 14.9 Å². The molecular weight excluding hydrogens is 295 g/mol. The van der Waals surface area contributed by atoms with Crippen molar-refractivity contribution >= 4 is 5.82 Å². The number of aliphatic hydroxyl groups is 1. The minimum atomic E-state index is -0.635. The fourth-order valence-electron chi connectivity index (χ4n) is 2.96. The van der Waals surface area contributed by atoms with Crippen LogP contribution in [0.15, 0.2) is 30.6 Å². The molecule has 0 radical (unpaired) electrons. The summed E-state index contributed by atoms with van der Waals surface area (Å²) in [5, 5.41) is 10.4. The van der Waals surface area contributed by atoms with Gasteiger partial charge in [0, 0.05) is 45.7 Å². The number of hydrogen-bond acceptors (Lipinski definition) is 5. The van der Waals surface area contributed by atoms with Gasteiger partial charge >= 0.3 is 0 Å². The van der Waals surface area contributed by atoms with Gasteiger partial charge in [-0.05, 0) is 17.7 Å². The van der Waals surface area contributed by atoms with Crippen LogP contribution in [0, 0.1) is 5.82 Å². The molecule has 3 rings (SSSR count). The number of benzene rings is 1. The third-order valence-corrected chi connectivity index (χ3v) is 4.17. The number of fused-ring (bicyclic) bond motifs is 1. The van der Waals surface area contributed by atoms with Gasteiger partial charge in [-0.15, -0.1) is 0 Å². The lowest BCUT2D eigenvalue weighted by Gasteiger charge is -2.31. The number of rotatable bonds is 4. The Labute approximate surface area is 135 Å². The Kier molecular flexibility index (Phi) is 4.54. The number of anilines is 1. The summed E-state index contributed by atoms with van der Waals surface area (Å²) in [6.07, 6.45) is 1.82. The van der Waals surface area contributed by atoms with Crippen molar-refractivity contribution in [2.75, 3.05) is 32.1 Å². The molecule has 1 aromatic heterocycles. The monoisotopic (exact) mass is 316 g/mol. The molecule has 1 aromatic carbocycles. The summed E-state index contributed by atoms with van der Waals surface area (Å²) in [4.78, 5) is 12.9. The zero-order chi connectivity index (χ0) is 16.4. The lowest BCUT2D eigenvalue weighted by molar-refractivity contribution is 0.105. The minimum absolute atomic E-state index is 0.291. The van der Waals surface area contributed by atoms with Gasteiger partial charge in [-0.25, -0.2) is 14.4 Å². The molecule has 1 aliphatic rings. The number of aliphatic hydroxyl groups excluding tert-OH is 1. The van der Waals surface area contributed by atoms with Crippen LogP contribution in [0.2, 0.25) is 0 Å². The highest BCUT2D eigenvalue weighted by Crippen LogP contribution is 2.26. The summed E-state index contributed by atoms with van der Waals surface area (Å²) in [5.41, 5.74) is 2.93. The topological polar surface area (TPSA) is 52.5 Å². The van der Waals surface area contributed by atoms with Crippen LogP contribution in [0.3, 0.4) is 0 Å². The summed E-state index contributed by atoms with van der Waals surface area (Å²) in [5.74, 6) is 0.636. The highest BCUT2D eigenvalue weighted by Gasteiger charge is 2.23. The number of nitrogens with zero attached hydrogens (tertiary/aromatic N) is 4. The van der Waals surface area contributed by atoms with Gasteiger partial charge in [0.1, 0.15) is 18.0 Å². The number of β-amino-alcohol motifs (C(OH)–C–C–N with tert-alkyl or cyclic N) is 1. The van der Waals surface area contributed by atoms with Crippen LogP contribution in [-0.4, -0.2) is 47.2 Å². The second kappa shape index (κ2) is 6.60. The molecule has 0 fully saturated rings. The lowest BCUT2D eigenvalue weighted by Crippen LogP contribution is -2.35. The van der Waals surface area contributed by atoms with Gasteiger partial charge < -0.3 is 10.0 Å². The molecule has 0 saturated heterocycles. The molecule has 0 unspecified atom stereocenters. The fourth-order valence-corrected chi connectivity index (χ4v) is 2.96. The summed E-state index contributed by atoms with van der Waals surface area (Å²) in [7, 11) is 3.93. The summed E-state index contributed by atoms with van der Waals surface area (Å²) in [6, 6.07) is 6.02. The van der Waals surface area contributed by atoms with Crippen LogP contribution < -0.4 is 4.90 Å². The largest absolute Gasteiger partial charge is 0.387 e. The summed E-state index contributed by atoms with van der Waals surface area (Å²) in [6.45, 7) is 2.06. The summed E-state index contributed by atoms with van der Waals surface area (Å²) < 4.78 is 13.0. The maximum absolute atomic E-state index is 13.0. The van der Waals surface area contributed by atoms with Gasteiger partial charge in [0.05, 0.1) is 11.8 Å². The Morgan fingerprint density at radius 2 is 2.00 bits per heavy atom. The first kappa shape index (κ1) is 15.8. The number of aromatic nitrogens is 2. The van der Waals surface area contributed by atoms with Crippen molar-refractivity contribution in [1.29, 1.82) is 0 Å². The molecule has 0 spiro atoms. The second-order valence-corrected chi connectivity index (χ2v) is 6.07. The van der Waals surface area contributed by atoms with Crippen LogP contribution in [0.25, 0.3) is 0 Å². The molecule has 0 aliphatic carbocycles. The highest BCUT2D eigenvalue weighted by molar-refractivity contribution is 5.48. The Balaban J connectivity index is 1.73. The number of hydrogen-bond donors (Lipinski definition) is 1. The highest BCUT2D eigenvalue weighted by atomic mass is 19.1. The molecule has 0 saturated carbocycles. The van der Waals surface area contributed by atoms with Crippen LogP contribution >= 0.6 is 0 Å². The fraction of sp³-hybridized carbons (Fsp3) is 0.412. The zero-order valence-electron chi connectivity index (χ0n) is 13.4. The van der Waals surface area contributed by atoms with E-state index in [1.54, 1.807) is 18.5 Å². The van der Waals surface area contributed by atoms with Crippen molar-refractivity contribution in [3.8, 4) is 0 Å². The van der Waals surface area contributed by atoms with E-state index >= 15 is 0 Å². The first-order chi connectivity index (χ1) is 11.0. The average molecular weight is 316 g/mol. The van der Waals surface area contributed by atoms with Crippen LogP contribution in [0.5, 0.6) is 0 Å². The predicted octanol–water partition coefficient (Wildman–Crippen LogP) is 1.77. The minimum Gasteiger partial charge on any atom is -0.387 e. The van der Waals surface area contributed by atoms with Gasteiger partial charge in [-0.2, -0.15) is 0 Å². The van der Waals surface area contributed by atoms with E-state index in [1.807, 2.05) is 19.0 Å². The van der Waals surface area contributed by atoms with E-state index in [-0.39, 0.29) is 5.82 Å². The number of halogens is 1. The van der Waals surface area contributed by atoms with Crippen LogP contribution in [-0.2, 0) is 13.0 Å². The van der Waals surface area contributed by atoms with Crippen molar-refractivity contribution in [2.24, 2.45) is 0 Å². The molecule has 1 atom stereocenters. The molecule has 2 heterocycles. The molecular formula is C17H21FN4O. The molecule has 23 heavy (non-hydrogen) atoms. The first-order valence-electron chi connectivity index (χ1n) is 7.70. The molecule has 5 nitrogen and oxygen atoms in total. The standard InChI is InChI=1S/C17H21FN4O/c1-21(2)17-14-9-22(8-7-15(14)19-11-20-17)10-16(23)12-3-5-13(18)6-4-12/h3-6,11,16,23H,7-10H2,1-2H3/t16-/m1/s1. The van der Waals surface area contributed by atoms with E-state index in [0.29, 0.717) is 13.1 Å². The van der Waals surface area contributed by atoms with Gasteiger partial charge in [0.2, 0.25) is 0 Å². The third kappa shape index (κ3) is 3.48. The molecule has 0 amide bonds. The Morgan fingerprint density at radius 3 is 2.70 bits per heavy atom. The van der Waals surface area contributed by atoms with E-state index in [2.05, 4.69) is 14.9 Å². The maximum Gasteiger partial charge on any atom is 0.136 e. The van der Waals surface area contributed by atoms with Crippen LogP contribution in [0.4, 0.5) is 10.2 Å². The second-order valence-electron chi connectivity index (χ2n) is 6.07. The van der Waals surface area contributed by atoms with Crippen molar-refractivity contribution < 1.29 is 9.50 Å². The average Bonchev–Trinajstić information content (AvgIpc) is 2.54. The Bertz CT molecular complexity index is 675. The molecule has 2 aromatic rings. The van der Waals surface area contributed by atoms with E-state index in [9.17, 15) is 9.50 Å². The summed E-state index contributed by atoms with van der Waals surface area (Å²) >= 11 is 0. The van der Waals surface area contributed by atoms with Gasteiger partial charge in [-0.1, -0.05) is 12.1 Å². The van der Waals surface area contributed by atoms with Gasteiger partial charge in [0.25, 0.3) is 0 Å². The molecule has 6 heteroatoms. The SMILES string of the molecule is CN(C)c1ncnc2c1CN(C[C@@H](O)c1ccc(F)cc1)CC2. The molecule has 122 valence electrons. The molecule has 0 bridgehead atoms. The maximum atomic E-state index is 13.0. The van der Waals surface area contributed by atoms with E-state index < -0.39 is 6.10 Å². The van der Waals surface area contributed by atoms with E-state index in [0.717, 1.165) is 35.6 Å².